The number of nitrogens with zero attached hydrogens (tertiary/aromatic N) is 2. The number of rotatable bonds is 6. The quantitative estimate of drug-likeness (QED) is 0.796. The summed E-state index contributed by atoms with van der Waals surface area (Å²) in [5.74, 6) is -1.12. The smallest absolute Gasteiger partial charge is 0.311 e. The second-order valence-corrected chi connectivity index (χ2v) is 8.10. The average molecular weight is 385 g/mol. The Kier molecular flexibility index (Phi) is 5.82. The van der Waals surface area contributed by atoms with E-state index < -0.39 is 17.3 Å². The Hall–Kier alpha value is -2.70. The summed E-state index contributed by atoms with van der Waals surface area (Å²) in [6.07, 6.45) is 3.84. The van der Waals surface area contributed by atoms with Crippen LogP contribution in [-0.4, -0.2) is 33.3 Å². The van der Waals surface area contributed by atoms with Crippen molar-refractivity contribution in [2.45, 2.75) is 52.5 Å². The zero-order valence-electron chi connectivity index (χ0n) is 16.4. The van der Waals surface area contributed by atoms with Crippen LogP contribution in [0.1, 0.15) is 56.4 Å². The van der Waals surface area contributed by atoms with Gasteiger partial charge in [0.25, 0.3) is 11.5 Å². The highest BCUT2D eigenvalue weighted by molar-refractivity contribution is 6.04. The molecule has 150 valence electrons. The lowest BCUT2D eigenvalue weighted by atomic mass is 9.74. The number of carbonyl (C=O) groups excluding carboxylic acids is 1. The molecule has 0 aliphatic heterocycles. The fourth-order valence-electron chi connectivity index (χ4n) is 3.90. The van der Waals surface area contributed by atoms with E-state index in [1.54, 1.807) is 24.3 Å². The SMILES string of the molecule is CC(C)Cn1nc(C(=O)NCC2(C(=O)O)CCCCC2)c2ccccc2c1=O. The highest BCUT2D eigenvalue weighted by Gasteiger charge is 2.40. The molecule has 0 saturated heterocycles. The van der Waals surface area contributed by atoms with Crippen molar-refractivity contribution >= 4 is 22.6 Å². The predicted molar refractivity (Wildman–Crippen MR) is 106 cm³/mol. The molecule has 1 fully saturated rings. The first-order valence-corrected chi connectivity index (χ1v) is 9.85. The van der Waals surface area contributed by atoms with Crippen molar-refractivity contribution in [3.05, 3.63) is 40.3 Å². The summed E-state index contributed by atoms with van der Waals surface area (Å²) in [6.45, 7) is 4.43. The molecule has 1 amide bonds. The molecule has 0 atom stereocenters. The van der Waals surface area contributed by atoms with Gasteiger partial charge in [0.05, 0.1) is 10.8 Å². The minimum Gasteiger partial charge on any atom is -0.481 e. The number of benzene rings is 1. The van der Waals surface area contributed by atoms with E-state index in [4.69, 9.17) is 0 Å². The Balaban J connectivity index is 1.93. The van der Waals surface area contributed by atoms with Gasteiger partial charge in [0.1, 0.15) is 0 Å². The van der Waals surface area contributed by atoms with Gasteiger partial charge >= 0.3 is 5.97 Å². The summed E-state index contributed by atoms with van der Waals surface area (Å²) in [5.41, 5.74) is -0.988. The van der Waals surface area contributed by atoms with Gasteiger partial charge in [-0.15, -0.1) is 0 Å². The second-order valence-electron chi connectivity index (χ2n) is 8.10. The maximum Gasteiger partial charge on any atom is 0.311 e. The molecule has 7 heteroatoms. The fraction of sp³-hybridized carbons (Fsp3) is 0.524. The van der Waals surface area contributed by atoms with Crippen LogP contribution >= 0.6 is 0 Å². The lowest BCUT2D eigenvalue weighted by molar-refractivity contribution is -0.150. The Morgan fingerprint density at radius 2 is 1.82 bits per heavy atom. The number of carboxylic acid groups (broad SMARTS) is 1. The van der Waals surface area contributed by atoms with E-state index in [0.29, 0.717) is 30.2 Å². The fourth-order valence-corrected chi connectivity index (χ4v) is 3.90. The number of nitrogens with one attached hydrogen (secondary N) is 1. The minimum atomic E-state index is -0.921. The molecule has 1 aliphatic rings. The van der Waals surface area contributed by atoms with Crippen molar-refractivity contribution in [2.24, 2.45) is 11.3 Å². The topological polar surface area (TPSA) is 101 Å². The van der Waals surface area contributed by atoms with E-state index in [1.807, 2.05) is 13.8 Å². The lowest BCUT2D eigenvalue weighted by Gasteiger charge is -2.33. The zero-order chi connectivity index (χ0) is 20.3. The standard InChI is InChI=1S/C21H27N3O4/c1-14(2)12-24-19(26)16-9-5-4-8-15(16)17(23-24)18(25)22-13-21(20(27)28)10-6-3-7-11-21/h4-5,8-9,14H,3,6-7,10-13H2,1-2H3,(H,22,25)(H,27,28). The molecule has 28 heavy (non-hydrogen) atoms. The highest BCUT2D eigenvalue weighted by Crippen LogP contribution is 2.36. The molecule has 0 bridgehead atoms. The molecule has 0 spiro atoms. The molecule has 1 aromatic carbocycles. The van der Waals surface area contributed by atoms with Gasteiger partial charge in [-0.25, -0.2) is 4.68 Å². The molecule has 0 radical (unpaired) electrons. The van der Waals surface area contributed by atoms with Crippen LogP contribution in [0.2, 0.25) is 0 Å². The molecular formula is C21H27N3O4. The van der Waals surface area contributed by atoms with E-state index in [1.165, 1.54) is 4.68 Å². The van der Waals surface area contributed by atoms with Gasteiger partial charge in [0.2, 0.25) is 0 Å². The number of carbonyl (C=O) groups is 2. The first-order chi connectivity index (χ1) is 13.3. The van der Waals surface area contributed by atoms with Crippen molar-refractivity contribution in [1.82, 2.24) is 15.1 Å². The van der Waals surface area contributed by atoms with Gasteiger partial charge in [0.15, 0.2) is 5.69 Å². The van der Waals surface area contributed by atoms with Crippen LogP contribution in [0, 0.1) is 11.3 Å². The Morgan fingerprint density at radius 3 is 2.43 bits per heavy atom. The highest BCUT2D eigenvalue weighted by atomic mass is 16.4. The van der Waals surface area contributed by atoms with Gasteiger partial charge in [-0.3, -0.25) is 14.4 Å². The first kappa shape index (κ1) is 20.0. The number of aliphatic carboxylic acids is 1. The number of amides is 1. The zero-order valence-corrected chi connectivity index (χ0v) is 16.4. The minimum absolute atomic E-state index is 0.0699. The van der Waals surface area contributed by atoms with Crippen LogP contribution in [0.5, 0.6) is 0 Å². The third kappa shape index (κ3) is 3.93. The number of hydrogen-bond donors (Lipinski definition) is 2. The van der Waals surface area contributed by atoms with Crippen LogP contribution in [0.25, 0.3) is 10.8 Å². The number of carboxylic acids is 1. The van der Waals surface area contributed by atoms with Gasteiger partial charge in [-0.05, 0) is 24.8 Å². The molecule has 2 aromatic rings. The van der Waals surface area contributed by atoms with Gasteiger partial charge < -0.3 is 10.4 Å². The molecule has 1 heterocycles. The van der Waals surface area contributed by atoms with Crippen LogP contribution in [-0.2, 0) is 11.3 Å². The normalized spacial score (nSPS) is 16.2. The molecule has 1 saturated carbocycles. The van der Waals surface area contributed by atoms with Crippen LogP contribution in [0.3, 0.4) is 0 Å². The molecule has 0 unspecified atom stereocenters. The van der Waals surface area contributed by atoms with Crippen molar-refractivity contribution in [3.8, 4) is 0 Å². The maximum atomic E-state index is 12.9. The van der Waals surface area contributed by atoms with Crippen molar-refractivity contribution in [2.75, 3.05) is 6.54 Å². The molecule has 7 nitrogen and oxygen atoms in total. The summed E-state index contributed by atoms with van der Waals surface area (Å²) in [5, 5.41) is 17.7. The van der Waals surface area contributed by atoms with Crippen LogP contribution < -0.4 is 10.9 Å². The predicted octanol–water partition coefficient (Wildman–Crippen LogP) is 2.82. The molecule has 2 N–H and O–H groups in total. The lowest BCUT2D eigenvalue weighted by Crippen LogP contribution is -2.44. The van der Waals surface area contributed by atoms with Gasteiger partial charge in [0, 0.05) is 18.5 Å². The molecule has 1 aromatic heterocycles. The monoisotopic (exact) mass is 385 g/mol. The number of hydrogen-bond acceptors (Lipinski definition) is 4. The van der Waals surface area contributed by atoms with E-state index in [0.717, 1.165) is 19.3 Å². The summed E-state index contributed by atoms with van der Waals surface area (Å²) in [7, 11) is 0. The molecule has 3 rings (SSSR count). The van der Waals surface area contributed by atoms with Crippen molar-refractivity contribution in [3.63, 3.8) is 0 Å². The van der Waals surface area contributed by atoms with E-state index in [2.05, 4.69) is 10.4 Å². The number of aromatic nitrogens is 2. The maximum absolute atomic E-state index is 12.9. The Labute approximate surface area is 163 Å². The second kappa shape index (κ2) is 8.12. The van der Waals surface area contributed by atoms with Crippen LogP contribution in [0.4, 0.5) is 0 Å². The van der Waals surface area contributed by atoms with Crippen molar-refractivity contribution < 1.29 is 14.7 Å². The number of fused-ring (bicyclic) bond motifs is 1. The average Bonchev–Trinajstić information content (AvgIpc) is 2.68. The first-order valence-electron chi connectivity index (χ1n) is 9.85. The third-order valence-electron chi connectivity index (χ3n) is 5.47. The molecule has 1 aliphatic carbocycles. The Morgan fingerprint density at radius 1 is 1.18 bits per heavy atom. The van der Waals surface area contributed by atoms with Crippen LogP contribution in [0.15, 0.2) is 29.1 Å². The Bertz CT molecular complexity index is 942. The summed E-state index contributed by atoms with van der Waals surface area (Å²) < 4.78 is 1.33. The largest absolute Gasteiger partial charge is 0.481 e. The van der Waals surface area contributed by atoms with Crippen molar-refractivity contribution in [1.29, 1.82) is 0 Å². The molecular weight excluding hydrogens is 358 g/mol. The summed E-state index contributed by atoms with van der Waals surface area (Å²) in [4.78, 5) is 37.5. The summed E-state index contributed by atoms with van der Waals surface area (Å²) >= 11 is 0. The van der Waals surface area contributed by atoms with E-state index in [-0.39, 0.29) is 23.7 Å². The summed E-state index contributed by atoms with van der Waals surface area (Å²) in [6, 6.07) is 6.90. The van der Waals surface area contributed by atoms with E-state index in [9.17, 15) is 19.5 Å². The van der Waals surface area contributed by atoms with Gasteiger partial charge in [-0.2, -0.15) is 5.10 Å². The van der Waals surface area contributed by atoms with Gasteiger partial charge in [-0.1, -0.05) is 51.3 Å². The van der Waals surface area contributed by atoms with E-state index >= 15 is 0 Å². The third-order valence-corrected chi connectivity index (χ3v) is 5.47.